The first-order valence-electron chi connectivity index (χ1n) is 6.96. The van der Waals surface area contributed by atoms with Crippen LogP contribution in [-0.4, -0.2) is 11.9 Å². The van der Waals surface area contributed by atoms with Gasteiger partial charge >= 0.3 is 6.18 Å². The van der Waals surface area contributed by atoms with Gasteiger partial charge in [0.2, 0.25) is 0 Å². The summed E-state index contributed by atoms with van der Waals surface area (Å²) in [4.78, 5) is 14.2. The molecule has 114 valence electrons. The Morgan fingerprint density at radius 1 is 1.14 bits per heavy atom. The summed E-state index contributed by atoms with van der Waals surface area (Å²) in [5.74, 6) is -0.399. The van der Waals surface area contributed by atoms with Crippen molar-refractivity contribution in [3.05, 3.63) is 65.2 Å². The molecule has 2 nitrogen and oxygen atoms in total. The average Bonchev–Trinajstić information content (AvgIpc) is 2.81. The van der Waals surface area contributed by atoms with Crippen molar-refractivity contribution in [2.45, 2.75) is 25.6 Å². The Hall–Kier alpha value is -2.30. The largest absolute Gasteiger partial charge is 0.416 e. The molecule has 0 saturated heterocycles. The minimum atomic E-state index is -4.45. The van der Waals surface area contributed by atoms with Gasteiger partial charge in [-0.2, -0.15) is 13.2 Å². The smallest absolute Gasteiger partial charge is 0.305 e. The number of fused-ring (bicyclic) bond motifs is 1. The Morgan fingerprint density at radius 3 is 2.59 bits per heavy atom. The van der Waals surface area contributed by atoms with Crippen LogP contribution in [0.25, 0.3) is 0 Å². The predicted molar refractivity (Wildman–Crippen MR) is 77.9 cm³/mol. The lowest BCUT2D eigenvalue weighted by Gasteiger charge is -2.23. The molecule has 0 aliphatic carbocycles. The number of hydrogen-bond acceptors (Lipinski definition) is 1. The SMILES string of the molecule is C[C@H]1Cc2ccccc2N1C(=O)c1cccc(C(F)(F)F)c1. The predicted octanol–water partition coefficient (Wildman–Crippen LogP) is 4.30. The van der Waals surface area contributed by atoms with Gasteiger partial charge in [0.15, 0.2) is 0 Å². The van der Waals surface area contributed by atoms with Crippen LogP contribution in [0.3, 0.4) is 0 Å². The molecule has 5 heteroatoms. The molecule has 0 aromatic heterocycles. The maximum atomic E-state index is 12.8. The lowest BCUT2D eigenvalue weighted by molar-refractivity contribution is -0.137. The summed E-state index contributed by atoms with van der Waals surface area (Å²) in [6, 6.07) is 12.0. The van der Waals surface area contributed by atoms with Gasteiger partial charge in [-0.25, -0.2) is 0 Å². The normalized spacial score (nSPS) is 17.5. The van der Waals surface area contributed by atoms with E-state index in [1.165, 1.54) is 12.1 Å². The second-order valence-corrected chi connectivity index (χ2v) is 5.44. The molecule has 0 unspecified atom stereocenters. The van der Waals surface area contributed by atoms with Crippen molar-refractivity contribution in [2.24, 2.45) is 0 Å². The molecule has 0 radical (unpaired) electrons. The number of nitrogens with zero attached hydrogens (tertiary/aromatic N) is 1. The zero-order chi connectivity index (χ0) is 15.9. The summed E-state index contributed by atoms with van der Waals surface area (Å²) in [5.41, 5.74) is 1.06. The highest BCUT2D eigenvalue weighted by Gasteiger charge is 2.34. The van der Waals surface area contributed by atoms with Crippen LogP contribution in [0.4, 0.5) is 18.9 Å². The molecule has 1 amide bonds. The van der Waals surface area contributed by atoms with Crippen LogP contribution in [-0.2, 0) is 12.6 Å². The van der Waals surface area contributed by atoms with Gasteiger partial charge in [-0.3, -0.25) is 4.79 Å². The van der Waals surface area contributed by atoms with Crippen LogP contribution in [0.5, 0.6) is 0 Å². The van der Waals surface area contributed by atoms with Gasteiger partial charge in [0.25, 0.3) is 5.91 Å². The molecule has 2 aromatic rings. The Morgan fingerprint density at radius 2 is 1.86 bits per heavy atom. The Bertz CT molecular complexity index is 724. The van der Waals surface area contributed by atoms with Gasteiger partial charge < -0.3 is 4.90 Å². The molecule has 0 saturated carbocycles. The second kappa shape index (κ2) is 5.16. The Balaban J connectivity index is 1.98. The van der Waals surface area contributed by atoms with Crippen molar-refractivity contribution < 1.29 is 18.0 Å². The Kier molecular flexibility index (Phi) is 3.43. The minimum absolute atomic E-state index is 0.0541. The van der Waals surface area contributed by atoms with E-state index in [-0.39, 0.29) is 11.6 Å². The number of para-hydroxylation sites is 1. The van der Waals surface area contributed by atoms with Crippen molar-refractivity contribution in [1.82, 2.24) is 0 Å². The molecule has 1 aliphatic heterocycles. The summed E-state index contributed by atoms with van der Waals surface area (Å²) < 4.78 is 38.4. The first-order valence-corrected chi connectivity index (χ1v) is 6.96. The fourth-order valence-corrected chi connectivity index (χ4v) is 2.84. The van der Waals surface area contributed by atoms with Crippen LogP contribution in [0.2, 0.25) is 0 Å². The number of hydrogen-bond donors (Lipinski definition) is 0. The van der Waals surface area contributed by atoms with Gasteiger partial charge in [0, 0.05) is 17.3 Å². The summed E-state index contributed by atoms with van der Waals surface area (Å²) in [5, 5.41) is 0. The van der Waals surface area contributed by atoms with Gasteiger partial charge in [0.1, 0.15) is 0 Å². The van der Waals surface area contributed by atoms with Gasteiger partial charge in [-0.1, -0.05) is 24.3 Å². The molecule has 0 N–H and O–H groups in total. The molecule has 0 bridgehead atoms. The van der Waals surface area contributed by atoms with E-state index in [4.69, 9.17) is 0 Å². The van der Waals surface area contributed by atoms with Gasteiger partial charge in [-0.05, 0) is 43.2 Å². The molecule has 1 aliphatic rings. The zero-order valence-electron chi connectivity index (χ0n) is 11.9. The molecular weight excluding hydrogens is 291 g/mol. The van der Waals surface area contributed by atoms with E-state index in [1.807, 2.05) is 31.2 Å². The van der Waals surface area contributed by atoms with E-state index >= 15 is 0 Å². The van der Waals surface area contributed by atoms with Gasteiger partial charge in [0.05, 0.1) is 5.56 Å². The van der Waals surface area contributed by atoms with Crippen molar-refractivity contribution in [3.63, 3.8) is 0 Å². The number of carbonyl (C=O) groups excluding carboxylic acids is 1. The quantitative estimate of drug-likeness (QED) is 0.769. The lowest BCUT2D eigenvalue weighted by atomic mass is 10.1. The number of carbonyl (C=O) groups is 1. The summed E-state index contributed by atoms with van der Waals surface area (Å²) in [7, 11) is 0. The molecule has 2 aromatic carbocycles. The van der Waals surface area contributed by atoms with E-state index in [9.17, 15) is 18.0 Å². The summed E-state index contributed by atoms with van der Waals surface area (Å²) >= 11 is 0. The van der Waals surface area contributed by atoms with Crippen molar-refractivity contribution in [3.8, 4) is 0 Å². The standard InChI is InChI=1S/C17H14F3NO/c1-11-9-12-5-2-3-8-15(12)21(11)16(22)13-6-4-7-14(10-13)17(18,19)20/h2-8,10-11H,9H2,1H3/t11-/m0/s1. The highest BCUT2D eigenvalue weighted by atomic mass is 19.4. The van der Waals surface area contributed by atoms with E-state index in [0.29, 0.717) is 6.42 Å². The van der Waals surface area contributed by atoms with E-state index in [0.717, 1.165) is 23.4 Å². The molecule has 1 heterocycles. The number of anilines is 1. The summed E-state index contributed by atoms with van der Waals surface area (Å²) in [6.07, 6.45) is -3.74. The van der Waals surface area contributed by atoms with Crippen molar-refractivity contribution in [2.75, 3.05) is 4.90 Å². The number of rotatable bonds is 1. The van der Waals surface area contributed by atoms with E-state index in [1.54, 1.807) is 4.90 Å². The van der Waals surface area contributed by atoms with E-state index < -0.39 is 17.6 Å². The molecule has 22 heavy (non-hydrogen) atoms. The maximum absolute atomic E-state index is 12.8. The fraction of sp³-hybridized carbons (Fsp3) is 0.235. The summed E-state index contributed by atoms with van der Waals surface area (Å²) in [6.45, 7) is 1.89. The second-order valence-electron chi connectivity index (χ2n) is 5.44. The number of benzene rings is 2. The third kappa shape index (κ3) is 2.47. The van der Waals surface area contributed by atoms with Crippen molar-refractivity contribution in [1.29, 1.82) is 0 Å². The first-order chi connectivity index (χ1) is 10.4. The fourth-order valence-electron chi connectivity index (χ4n) is 2.84. The molecular formula is C17H14F3NO. The Labute approximate surface area is 126 Å². The van der Waals surface area contributed by atoms with Crippen LogP contribution >= 0.6 is 0 Å². The van der Waals surface area contributed by atoms with Crippen molar-refractivity contribution >= 4 is 11.6 Å². The third-order valence-electron chi connectivity index (χ3n) is 3.86. The van der Waals surface area contributed by atoms with Crippen LogP contribution in [0.1, 0.15) is 28.4 Å². The average molecular weight is 305 g/mol. The van der Waals surface area contributed by atoms with Gasteiger partial charge in [-0.15, -0.1) is 0 Å². The maximum Gasteiger partial charge on any atom is 0.416 e. The topological polar surface area (TPSA) is 20.3 Å². The molecule has 0 spiro atoms. The molecule has 0 fully saturated rings. The van der Waals surface area contributed by atoms with Crippen LogP contribution in [0, 0.1) is 0 Å². The minimum Gasteiger partial charge on any atom is -0.305 e. The number of amides is 1. The number of alkyl halides is 3. The van der Waals surface area contributed by atoms with E-state index in [2.05, 4.69) is 0 Å². The van der Waals surface area contributed by atoms with Crippen LogP contribution in [0.15, 0.2) is 48.5 Å². The zero-order valence-corrected chi connectivity index (χ0v) is 11.9. The lowest BCUT2D eigenvalue weighted by Crippen LogP contribution is -2.35. The van der Waals surface area contributed by atoms with Crippen LogP contribution < -0.4 is 4.90 Å². The molecule has 1 atom stereocenters. The number of halogens is 3. The molecule has 3 rings (SSSR count). The highest BCUT2D eigenvalue weighted by Crippen LogP contribution is 2.34. The first kappa shape index (κ1) is 14.6. The third-order valence-corrected chi connectivity index (χ3v) is 3.86. The highest BCUT2D eigenvalue weighted by molar-refractivity contribution is 6.07. The monoisotopic (exact) mass is 305 g/mol.